The van der Waals surface area contributed by atoms with Gasteiger partial charge in [-0.15, -0.1) is 0 Å². The number of hydrogen-bond donors (Lipinski definition) is 1. The number of rotatable bonds is 5. The zero-order valence-corrected chi connectivity index (χ0v) is 19.1. The number of nitro groups is 1. The van der Waals surface area contributed by atoms with Crippen LogP contribution in [0.5, 0.6) is 0 Å². The predicted molar refractivity (Wildman–Crippen MR) is 133 cm³/mol. The Balaban J connectivity index is 1.46. The van der Waals surface area contributed by atoms with Crippen molar-refractivity contribution in [2.45, 2.75) is 25.4 Å². The molecule has 0 radical (unpaired) electrons. The van der Waals surface area contributed by atoms with Gasteiger partial charge in [0.25, 0.3) is 5.69 Å². The molecule has 0 spiro atoms. The van der Waals surface area contributed by atoms with Gasteiger partial charge in [-0.1, -0.05) is 48.5 Å². The summed E-state index contributed by atoms with van der Waals surface area (Å²) in [7, 11) is 0. The van der Waals surface area contributed by atoms with Gasteiger partial charge in [-0.2, -0.15) is 0 Å². The van der Waals surface area contributed by atoms with E-state index in [0.29, 0.717) is 6.42 Å². The number of non-ortho nitro benzene ring substituents is 1. The Bertz CT molecular complexity index is 1180. The Kier molecular flexibility index (Phi) is 5.92. The molecule has 3 atom stereocenters. The van der Waals surface area contributed by atoms with Gasteiger partial charge in [0.2, 0.25) is 5.91 Å². The monoisotopic (exact) mass is 456 g/mol. The molecule has 1 N–H and O–H groups in total. The fraction of sp³-hybridized carbons (Fsp3) is 0.296. The Morgan fingerprint density at radius 1 is 1.03 bits per heavy atom. The molecule has 0 saturated carbocycles. The maximum atomic E-state index is 13.6. The van der Waals surface area contributed by atoms with Crippen molar-refractivity contribution in [2.75, 3.05) is 29.4 Å². The number of nitrogens with zero attached hydrogens (tertiary/aromatic N) is 3. The van der Waals surface area contributed by atoms with Crippen LogP contribution in [0.1, 0.15) is 24.1 Å². The summed E-state index contributed by atoms with van der Waals surface area (Å²) in [5.74, 6) is -0.328. The summed E-state index contributed by atoms with van der Waals surface area (Å²) in [5.41, 5.74) is 4.13. The van der Waals surface area contributed by atoms with Gasteiger partial charge in [0.1, 0.15) is 0 Å². The van der Waals surface area contributed by atoms with Gasteiger partial charge >= 0.3 is 0 Å². The molecule has 0 unspecified atom stereocenters. The predicted octanol–water partition coefficient (Wildman–Crippen LogP) is 4.34. The van der Waals surface area contributed by atoms with E-state index in [2.05, 4.69) is 27.2 Å². The molecule has 7 heteroatoms. The normalized spacial score (nSPS) is 20.1. The highest BCUT2D eigenvalue weighted by atomic mass is 16.6. The lowest BCUT2D eigenvalue weighted by atomic mass is 9.82. The van der Waals surface area contributed by atoms with Crippen LogP contribution in [0, 0.1) is 16.0 Å². The topological polar surface area (TPSA) is 78.7 Å². The van der Waals surface area contributed by atoms with E-state index < -0.39 is 0 Å². The van der Waals surface area contributed by atoms with Crippen LogP contribution < -0.4 is 15.1 Å². The number of para-hydroxylation sites is 1. The van der Waals surface area contributed by atoms with Gasteiger partial charge < -0.3 is 15.1 Å². The van der Waals surface area contributed by atoms with Gasteiger partial charge in [0, 0.05) is 43.1 Å². The highest BCUT2D eigenvalue weighted by Crippen LogP contribution is 2.38. The summed E-state index contributed by atoms with van der Waals surface area (Å²) >= 11 is 0. The molecule has 2 aliphatic heterocycles. The smallest absolute Gasteiger partial charge is 0.269 e. The minimum atomic E-state index is -0.369. The lowest BCUT2D eigenvalue weighted by Gasteiger charge is -2.49. The molecule has 1 fully saturated rings. The van der Waals surface area contributed by atoms with Crippen molar-refractivity contribution < 1.29 is 9.72 Å². The van der Waals surface area contributed by atoms with Crippen LogP contribution in [0.2, 0.25) is 0 Å². The number of nitrogens with one attached hydrogen (secondary N) is 1. The Morgan fingerprint density at radius 2 is 1.74 bits per heavy atom. The highest BCUT2D eigenvalue weighted by Gasteiger charge is 2.42. The summed E-state index contributed by atoms with van der Waals surface area (Å²) < 4.78 is 0. The van der Waals surface area contributed by atoms with E-state index in [9.17, 15) is 14.9 Å². The van der Waals surface area contributed by atoms with E-state index in [-0.39, 0.29) is 34.5 Å². The summed E-state index contributed by atoms with van der Waals surface area (Å²) in [5, 5.41) is 14.6. The maximum absolute atomic E-state index is 13.6. The van der Waals surface area contributed by atoms with Gasteiger partial charge in [0.05, 0.1) is 22.9 Å². The number of carbonyl (C=O) groups excluding carboxylic acids is 1. The molecule has 7 nitrogen and oxygen atoms in total. The molecule has 3 aromatic rings. The van der Waals surface area contributed by atoms with Crippen molar-refractivity contribution in [3.05, 3.63) is 100 Å². The van der Waals surface area contributed by atoms with Crippen LogP contribution in [0.15, 0.2) is 78.9 Å². The Hall–Kier alpha value is -3.87. The number of benzene rings is 3. The second kappa shape index (κ2) is 9.17. The summed E-state index contributed by atoms with van der Waals surface area (Å²) in [6.45, 7) is 4.29. The number of nitro benzene ring substituents is 1. The van der Waals surface area contributed by atoms with Crippen molar-refractivity contribution in [2.24, 2.45) is 5.92 Å². The first-order chi connectivity index (χ1) is 16.5. The molecule has 3 aromatic carbocycles. The molecule has 0 aliphatic carbocycles. The second-order valence-corrected chi connectivity index (χ2v) is 9.06. The Morgan fingerprint density at radius 3 is 2.44 bits per heavy atom. The molecule has 1 amide bonds. The number of anilines is 2. The molecule has 2 aliphatic rings. The number of amides is 1. The van der Waals surface area contributed by atoms with Crippen LogP contribution >= 0.6 is 0 Å². The van der Waals surface area contributed by atoms with E-state index in [1.807, 2.05) is 61.5 Å². The molecule has 2 heterocycles. The zero-order valence-electron chi connectivity index (χ0n) is 19.1. The number of carbonyl (C=O) groups is 1. The third-order valence-electron chi connectivity index (χ3n) is 7.02. The van der Waals surface area contributed by atoms with Gasteiger partial charge in [-0.25, -0.2) is 0 Å². The minimum Gasteiger partial charge on any atom is -0.368 e. The van der Waals surface area contributed by atoms with Crippen molar-refractivity contribution in [1.82, 2.24) is 5.32 Å². The van der Waals surface area contributed by atoms with E-state index in [1.165, 1.54) is 0 Å². The average Bonchev–Trinajstić information content (AvgIpc) is 2.88. The molecule has 34 heavy (non-hydrogen) atoms. The highest BCUT2D eigenvalue weighted by molar-refractivity contribution is 5.83. The maximum Gasteiger partial charge on any atom is 0.269 e. The summed E-state index contributed by atoms with van der Waals surface area (Å²) in [6, 6.07) is 25.1. The minimum absolute atomic E-state index is 0.0154. The number of fused-ring (bicyclic) bond motifs is 3. The first kappa shape index (κ1) is 21.9. The van der Waals surface area contributed by atoms with Crippen molar-refractivity contribution in [3.63, 3.8) is 0 Å². The SMILES string of the molecule is C[C@H](NC(=O)[C@H]1Cc2cc([N+](=O)[O-])ccc2N2CCN(c3ccccc3)C[C@H]12)c1ccccc1. The molecular weight excluding hydrogens is 428 g/mol. The first-order valence-electron chi connectivity index (χ1n) is 11.7. The Labute approximate surface area is 199 Å². The molecule has 0 bridgehead atoms. The van der Waals surface area contributed by atoms with Crippen LogP contribution in [0.3, 0.4) is 0 Å². The summed E-state index contributed by atoms with van der Waals surface area (Å²) in [4.78, 5) is 29.3. The van der Waals surface area contributed by atoms with E-state index in [1.54, 1.807) is 12.1 Å². The standard InChI is InChI=1S/C27H28N4O3/c1-19(20-8-4-2-5-9-20)28-27(32)24-17-21-16-23(31(33)34)12-13-25(21)30-15-14-29(18-26(24)30)22-10-6-3-7-11-22/h2-13,16,19,24,26H,14-15,17-18H2,1H3,(H,28,32)/t19-,24-,26+/m0/s1. The molecule has 0 aromatic heterocycles. The quantitative estimate of drug-likeness (QED) is 0.456. The molecule has 1 saturated heterocycles. The van der Waals surface area contributed by atoms with Gasteiger partial charge in [0.15, 0.2) is 0 Å². The third kappa shape index (κ3) is 4.21. The van der Waals surface area contributed by atoms with Crippen molar-refractivity contribution in [1.29, 1.82) is 0 Å². The van der Waals surface area contributed by atoms with E-state index in [4.69, 9.17) is 0 Å². The van der Waals surface area contributed by atoms with Crippen molar-refractivity contribution >= 4 is 23.0 Å². The van der Waals surface area contributed by atoms with Crippen LogP contribution in [-0.4, -0.2) is 36.5 Å². The largest absolute Gasteiger partial charge is 0.368 e. The van der Waals surface area contributed by atoms with E-state index >= 15 is 0 Å². The summed E-state index contributed by atoms with van der Waals surface area (Å²) in [6.07, 6.45) is 0.480. The molecule has 174 valence electrons. The lowest BCUT2D eigenvalue weighted by Crippen LogP contribution is -2.61. The average molecular weight is 457 g/mol. The van der Waals surface area contributed by atoms with Gasteiger partial charge in [-0.3, -0.25) is 14.9 Å². The second-order valence-electron chi connectivity index (χ2n) is 9.06. The molecule has 5 rings (SSSR count). The fourth-order valence-electron chi connectivity index (χ4n) is 5.24. The molecular formula is C27H28N4O3. The fourth-order valence-corrected chi connectivity index (χ4v) is 5.24. The number of hydrogen-bond acceptors (Lipinski definition) is 5. The third-order valence-corrected chi connectivity index (χ3v) is 7.02. The first-order valence-corrected chi connectivity index (χ1v) is 11.7. The van der Waals surface area contributed by atoms with E-state index in [0.717, 1.165) is 42.1 Å². The lowest BCUT2D eigenvalue weighted by molar-refractivity contribution is -0.384. The zero-order chi connectivity index (χ0) is 23.7. The van der Waals surface area contributed by atoms with Crippen LogP contribution in [0.25, 0.3) is 0 Å². The van der Waals surface area contributed by atoms with Crippen LogP contribution in [-0.2, 0) is 11.2 Å². The van der Waals surface area contributed by atoms with Crippen molar-refractivity contribution in [3.8, 4) is 0 Å². The number of piperazine rings is 1. The van der Waals surface area contributed by atoms with Crippen LogP contribution in [0.4, 0.5) is 17.1 Å². The van der Waals surface area contributed by atoms with Gasteiger partial charge in [-0.05, 0) is 42.7 Å².